The number of rotatable bonds is 2. The van der Waals surface area contributed by atoms with Crippen molar-refractivity contribution in [3.8, 4) is 0 Å². The predicted molar refractivity (Wildman–Crippen MR) is 81.4 cm³/mol. The molecule has 0 saturated carbocycles. The fourth-order valence-corrected chi connectivity index (χ4v) is 2.71. The second-order valence-corrected chi connectivity index (χ2v) is 5.25. The zero-order valence-electron chi connectivity index (χ0n) is 10.2. The monoisotopic (exact) mass is 267 g/mol. The van der Waals surface area contributed by atoms with Gasteiger partial charge in [-0.25, -0.2) is 9.98 Å². The Morgan fingerprint density at radius 1 is 0.895 bits per heavy atom. The van der Waals surface area contributed by atoms with Gasteiger partial charge in [0.25, 0.3) is 0 Å². The summed E-state index contributed by atoms with van der Waals surface area (Å²) in [5.41, 5.74) is 8.05. The minimum Gasteiger partial charge on any atom is -0.378 e. The molecule has 94 valence electrons. The first kappa shape index (κ1) is 12.0. The van der Waals surface area contributed by atoms with Crippen LogP contribution in [0.4, 0.5) is 0 Å². The van der Waals surface area contributed by atoms with Gasteiger partial charge in [-0.1, -0.05) is 72.4 Å². The predicted octanol–water partition coefficient (Wildman–Crippen LogP) is 3.19. The van der Waals surface area contributed by atoms with Gasteiger partial charge in [0.2, 0.25) is 0 Å². The summed E-state index contributed by atoms with van der Waals surface area (Å²) in [5.74, 6) is 0.700. The van der Waals surface area contributed by atoms with E-state index in [4.69, 9.17) is 5.73 Å². The molecule has 1 heterocycles. The zero-order valence-corrected chi connectivity index (χ0v) is 11.0. The Bertz CT molecular complexity index is 620. The van der Waals surface area contributed by atoms with Crippen LogP contribution in [0.15, 0.2) is 70.6 Å². The van der Waals surface area contributed by atoms with Crippen LogP contribution in [0.2, 0.25) is 0 Å². The van der Waals surface area contributed by atoms with Gasteiger partial charge >= 0.3 is 0 Å². The standard InChI is InChI=1S/C15H13N3S/c16-15-18-13(11-7-3-1-4-8-11)17-14(19-15)12-9-5-2-6-10-12/h1-10,14H,(H2,16,17,18)/t14-/m0/s1. The first-order chi connectivity index (χ1) is 9.33. The van der Waals surface area contributed by atoms with Gasteiger partial charge in [0, 0.05) is 5.56 Å². The minimum absolute atomic E-state index is 0.0195. The molecule has 4 heteroatoms. The third-order valence-corrected chi connectivity index (χ3v) is 3.74. The summed E-state index contributed by atoms with van der Waals surface area (Å²) in [6.45, 7) is 0. The molecule has 19 heavy (non-hydrogen) atoms. The Labute approximate surface area is 116 Å². The highest BCUT2D eigenvalue weighted by molar-refractivity contribution is 8.14. The van der Waals surface area contributed by atoms with Crippen LogP contribution in [-0.2, 0) is 0 Å². The number of hydrogen-bond acceptors (Lipinski definition) is 4. The number of nitrogens with two attached hydrogens (primary N) is 1. The molecule has 2 aromatic rings. The molecule has 3 nitrogen and oxygen atoms in total. The first-order valence-corrected chi connectivity index (χ1v) is 6.90. The maximum absolute atomic E-state index is 5.92. The SMILES string of the molecule is NC1=NC(c2ccccc2)=N[C@H](c2ccccc2)S1. The molecule has 0 spiro atoms. The van der Waals surface area contributed by atoms with E-state index in [1.807, 2.05) is 48.5 Å². The molecule has 0 saturated heterocycles. The van der Waals surface area contributed by atoms with Crippen LogP contribution < -0.4 is 5.73 Å². The number of thioether (sulfide) groups is 1. The molecule has 0 aromatic heterocycles. The number of hydrogen-bond donors (Lipinski definition) is 1. The molecule has 1 aliphatic heterocycles. The molecule has 2 N–H and O–H groups in total. The maximum Gasteiger partial charge on any atom is 0.163 e. The van der Waals surface area contributed by atoms with E-state index in [-0.39, 0.29) is 5.37 Å². The molecule has 0 bridgehead atoms. The van der Waals surface area contributed by atoms with Crippen molar-refractivity contribution in [3.63, 3.8) is 0 Å². The number of aliphatic imine (C=N–C) groups is 2. The summed E-state index contributed by atoms with van der Waals surface area (Å²) in [6.07, 6.45) is 0. The largest absolute Gasteiger partial charge is 0.378 e. The van der Waals surface area contributed by atoms with E-state index in [0.29, 0.717) is 11.0 Å². The van der Waals surface area contributed by atoms with E-state index in [2.05, 4.69) is 22.1 Å². The Kier molecular flexibility index (Phi) is 3.33. The molecular weight excluding hydrogens is 254 g/mol. The van der Waals surface area contributed by atoms with Crippen molar-refractivity contribution >= 4 is 22.8 Å². The van der Waals surface area contributed by atoms with Gasteiger partial charge in [0.15, 0.2) is 11.0 Å². The first-order valence-electron chi connectivity index (χ1n) is 6.02. The second kappa shape index (κ2) is 5.28. The Balaban J connectivity index is 1.98. The van der Waals surface area contributed by atoms with Gasteiger partial charge in [-0.2, -0.15) is 0 Å². The molecule has 1 aliphatic rings. The highest BCUT2D eigenvalue weighted by Crippen LogP contribution is 2.33. The third kappa shape index (κ3) is 2.69. The smallest absolute Gasteiger partial charge is 0.163 e. The zero-order chi connectivity index (χ0) is 13.1. The highest BCUT2D eigenvalue weighted by atomic mass is 32.2. The quantitative estimate of drug-likeness (QED) is 0.908. The fourth-order valence-electron chi connectivity index (χ4n) is 1.90. The van der Waals surface area contributed by atoms with Gasteiger partial charge in [0.05, 0.1) is 0 Å². The third-order valence-electron chi connectivity index (χ3n) is 2.80. The summed E-state index contributed by atoms with van der Waals surface area (Å²) in [6, 6.07) is 20.0. The lowest BCUT2D eigenvalue weighted by Gasteiger charge is -2.18. The summed E-state index contributed by atoms with van der Waals surface area (Å²) in [4.78, 5) is 9.02. The van der Waals surface area contributed by atoms with E-state index >= 15 is 0 Å². The number of nitrogens with zero attached hydrogens (tertiary/aromatic N) is 2. The van der Waals surface area contributed by atoms with Gasteiger partial charge in [0.1, 0.15) is 5.37 Å². The van der Waals surface area contributed by atoms with Crippen LogP contribution in [0.25, 0.3) is 0 Å². The summed E-state index contributed by atoms with van der Waals surface area (Å²) >= 11 is 1.48. The van der Waals surface area contributed by atoms with Gasteiger partial charge in [-0.15, -0.1) is 0 Å². The topological polar surface area (TPSA) is 50.7 Å². The van der Waals surface area contributed by atoms with E-state index < -0.39 is 0 Å². The lowest BCUT2D eigenvalue weighted by Crippen LogP contribution is -2.17. The van der Waals surface area contributed by atoms with Crippen molar-refractivity contribution in [1.82, 2.24) is 0 Å². The number of amidine groups is 2. The van der Waals surface area contributed by atoms with E-state index in [0.717, 1.165) is 11.1 Å². The van der Waals surface area contributed by atoms with Crippen LogP contribution in [-0.4, -0.2) is 11.0 Å². The van der Waals surface area contributed by atoms with Crippen LogP contribution in [0.3, 0.4) is 0 Å². The van der Waals surface area contributed by atoms with Crippen LogP contribution >= 0.6 is 11.8 Å². The average molecular weight is 267 g/mol. The van der Waals surface area contributed by atoms with Crippen molar-refractivity contribution < 1.29 is 0 Å². The normalized spacial score (nSPS) is 18.6. The molecule has 1 atom stereocenters. The molecule has 3 rings (SSSR count). The van der Waals surface area contributed by atoms with E-state index in [1.165, 1.54) is 11.8 Å². The van der Waals surface area contributed by atoms with Crippen molar-refractivity contribution in [1.29, 1.82) is 0 Å². The molecule has 0 amide bonds. The van der Waals surface area contributed by atoms with E-state index in [9.17, 15) is 0 Å². The van der Waals surface area contributed by atoms with Crippen LogP contribution in [0.5, 0.6) is 0 Å². The van der Waals surface area contributed by atoms with Crippen molar-refractivity contribution in [3.05, 3.63) is 71.8 Å². The van der Waals surface area contributed by atoms with Crippen LogP contribution in [0, 0.1) is 0 Å². The molecule has 0 radical (unpaired) electrons. The highest BCUT2D eigenvalue weighted by Gasteiger charge is 2.19. The summed E-state index contributed by atoms with van der Waals surface area (Å²) < 4.78 is 0. The average Bonchev–Trinajstić information content (AvgIpc) is 2.48. The van der Waals surface area contributed by atoms with Crippen LogP contribution in [0.1, 0.15) is 16.5 Å². The van der Waals surface area contributed by atoms with E-state index in [1.54, 1.807) is 0 Å². The van der Waals surface area contributed by atoms with Gasteiger partial charge < -0.3 is 5.73 Å². The minimum atomic E-state index is -0.0195. The van der Waals surface area contributed by atoms with Gasteiger partial charge in [-0.3, -0.25) is 0 Å². The van der Waals surface area contributed by atoms with Crippen molar-refractivity contribution in [2.24, 2.45) is 15.7 Å². The Morgan fingerprint density at radius 3 is 2.21 bits per heavy atom. The summed E-state index contributed by atoms with van der Waals surface area (Å²) in [5, 5.41) is 0.539. The maximum atomic E-state index is 5.92. The fraction of sp³-hybridized carbons (Fsp3) is 0.0667. The molecule has 2 aromatic carbocycles. The van der Waals surface area contributed by atoms with Crippen molar-refractivity contribution in [2.45, 2.75) is 5.37 Å². The Hall–Kier alpha value is -2.07. The number of benzene rings is 2. The molecule has 0 fully saturated rings. The lowest BCUT2D eigenvalue weighted by molar-refractivity contribution is 1.03. The van der Waals surface area contributed by atoms with Gasteiger partial charge in [-0.05, 0) is 5.56 Å². The second-order valence-electron chi connectivity index (χ2n) is 4.15. The lowest BCUT2D eigenvalue weighted by atomic mass is 10.2. The van der Waals surface area contributed by atoms with Crippen molar-refractivity contribution in [2.75, 3.05) is 0 Å². The summed E-state index contributed by atoms with van der Waals surface area (Å²) in [7, 11) is 0. The molecular formula is C15H13N3S. The molecule has 0 aliphatic carbocycles. The Morgan fingerprint density at radius 2 is 1.53 bits per heavy atom. The molecule has 0 unspecified atom stereocenters.